The molecule has 110 valence electrons. The van der Waals surface area contributed by atoms with Gasteiger partial charge in [-0.25, -0.2) is 0 Å². The highest BCUT2D eigenvalue weighted by molar-refractivity contribution is 9.10. The van der Waals surface area contributed by atoms with E-state index >= 15 is 0 Å². The van der Waals surface area contributed by atoms with Gasteiger partial charge in [0.25, 0.3) is 0 Å². The maximum atomic E-state index is 11.2. The lowest BCUT2D eigenvalue weighted by molar-refractivity contribution is -0.142. The summed E-state index contributed by atoms with van der Waals surface area (Å²) in [6.07, 6.45) is 0.0290. The van der Waals surface area contributed by atoms with Crippen LogP contribution in [0.25, 0.3) is 11.1 Å². The van der Waals surface area contributed by atoms with Crippen molar-refractivity contribution >= 4 is 21.9 Å². The van der Waals surface area contributed by atoms with Crippen LogP contribution in [0.4, 0.5) is 0 Å². The van der Waals surface area contributed by atoms with E-state index in [0.29, 0.717) is 0 Å². The van der Waals surface area contributed by atoms with E-state index < -0.39 is 0 Å². The van der Waals surface area contributed by atoms with Crippen LogP contribution in [0.1, 0.15) is 13.3 Å². The Morgan fingerprint density at radius 3 is 2.10 bits per heavy atom. The highest BCUT2D eigenvalue weighted by Gasteiger charge is 2.10. The molecule has 0 spiro atoms. The van der Waals surface area contributed by atoms with Crippen LogP contribution < -0.4 is 4.74 Å². The van der Waals surface area contributed by atoms with Crippen molar-refractivity contribution in [3.63, 3.8) is 0 Å². The third kappa shape index (κ3) is 4.60. The summed E-state index contributed by atoms with van der Waals surface area (Å²) in [6.45, 7) is 1.85. The summed E-state index contributed by atoms with van der Waals surface area (Å²) in [4.78, 5) is 11.2. The largest absolute Gasteiger partial charge is 0.490 e. The number of carbonyl (C=O) groups is 1. The van der Waals surface area contributed by atoms with E-state index in [1.165, 1.54) is 7.11 Å². The Bertz CT molecular complexity index is 590. The zero-order valence-electron chi connectivity index (χ0n) is 12.0. The van der Waals surface area contributed by atoms with Gasteiger partial charge < -0.3 is 9.47 Å². The van der Waals surface area contributed by atoms with E-state index in [2.05, 4.69) is 32.8 Å². The molecule has 1 unspecified atom stereocenters. The van der Waals surface area contributed by atoms with Crippen LogP contribution in [-0.2, 0) is 9.53 Å². The van der Waals surface area contributed by atoms with Gasteiger partial charge >= 0.3 is 5.97 Å². The van der Waals surface area contributed by atoms with Crippen LogP contribution in [0.15, 0.2) is 53.0 Å². The summed E-state index contributed by atoms with van der Waals surface area (Å²) in [5.41, 5.74) is 2.27. The number of ether oxygens (including phenoxy) is 2. The fraction of sp³-hybridized carbons (Fsp3) is 0.235. The minimum atomic E-state index is -0.269. The highest BCUT2D eigenvalue weighted by atomic mass is 79.9. The van der Waals surface area contributed by atoms with E-state index in [1.54, 1.807) is 0 Å². The van der Waals surface area contributed by atoms with Crippen molar-refractivity contribution in [1.29, 1.82) is 0 Å². The summed E-state index contributed by atoms with van der Waals surface area (Å²) in [7, 11) is 1.38. The van der Waals surface area contributed by atoms with Crippen LogP contribution in [0.5, 0.6) is 5.75 Å². The Morgan fingerprint density at radius 1 is 1.05 bits per heavy atom. The minimum Gasteiger partial charge on any atom is -0.490 e. The number of esters is 1. The average Bonchev–Trinajstić information content (AvgIpc) is 2.48. The number of carbonyl (C=O) groups excluding carboxylic acids is 1. The fourth-order valence-corrected chi connectivity index (χ4v) is 2.22. The van der Waals surface area contributed by atoms with Gasteiger partial charge in [0.05, 0.1) is 13.5 Å². The molecule has 0 aliphatic heterocycles. The molecule has 0 N–H and O–H groups in total. The molecule has 4 heteroatoms. The van der Waals surface area contributed by atoms with Crippen LogP contribution >= 0.6 is 15.9 Å². The Labute approximate surface area is 133 Å². The second-order valence-electron chi connectivity index (χ2n) is 4.74. The number of benzene rings is 2. The molecule has 0 aromatic heterocycles. The number of rotatable bonds is 5. The molecule has 2 aromatic rings. The van der Waals surface area contributed by atoms with Gasteiger partial charge in [0.1, 0.15) is 11.9 Å². The fourth-order valence-electron chi connectivity index (χ4n) is 1.96. The summed E-state index contributed by atoms with van der Waals surface area (Å²) < 4.78 is 11.4. The number of hydrogen-bond acceptors (Lipinski definition) is 3. The lowest BCUT2D eigenvalue weighted by Crippen LogP contribution is -2.17. The molecular weight excluding hydrogens is 332 g/mol. The molecule has 2 rings (SSSR count). The minimum absolute atomic E-state index is 0.212. The molecule has 0 bridgehead atoms. The molecule has 1 atom stereocenters. The van der Waals surface area contributed by atoms with Crippen molar-refractivity contribution < 1.29 is 14.3 Å². The second kappa shape index (κ2) is 7.27. The maximum absolute atomic E-state index is 11.2. The van der Waals surface area contributed by atoms with Crippen LogP contribution in [0.3, 0.4) is 0 Å². The number of halogens is 1. The first kappa shape index (κ1) is 15.6. The molecule has 0 heterocycles. The molecule has 0 saturated carbocycles. The van der Waals surface area contributed by atoms with Gasteiger partial charge in [0.15, 0.2) is 0 Å². The molecule has 21 heavy (non-hydrogen) atoms. The summed E-state index contributed by atoms with van der Waals surface area (Å²) >= 11 is 3.42. The summed E-state index contributed by atoms with van der Waals surface area (Å²) in [5.74, 6) is 0.473. The average molecular weight is 349 g/mol. The molecule has 3 nitrogen and oxygen atoms in total. The van der Waals surface area contributed by atoms with Crippen molar-refractivity contribution in [2.24, 2.45) is 0 Å². The van der Waals surface area contributed by atoms with Crippen LogP contribution in [-0.4, -0.2) is 19.2 Å². The van der Waals surface area contributed by atoms with Gasteiger partial charge in [-0.3, -0.25) is 4.79 Å². The second-order valence-corrected chi connectivity index (χ2v) is 5.66. The molecule has 0 fully saturated rings. The first-order valence-corrected chi connectivity index (χ1v) is 7.47. The van der Waals surface area contributed by atoms with Crippen molar-refractivity contribution in [2.75, 3.05) is 7.11 Å². The van der Waals surface area contributed by atoms with Gasteiger partial charge in [-0.15, -0.1) is 0 Å². The van der Waals surface area contributed by atoms with Crippen molar-refractivity contribution in [2.45, 2.75) is 19.4 Å². The maximum Gasteiger partial charge on any atom is 0.309 e. The first-order chi connectivity index (χ1) is 10.1. The van der Waals surface area contributed by atoms with Gasteiger partial charge in [-0.1, -0.05) is 40.2 Å². The SMILES string of the molecule is COC(=O)CC(C)Oc1ccc(-c2ccc(Br)cc2)cc1. The Balaban J connectivity index is 2.02. The molecule has 0 amide bonds. The molecule has 0 saturated heterocycles. The quantitative estimate of drug-likeness (QED) is 0.749. The lowest BCUT2D eigenvalue weighted by atomic mass is 10.1. The number of methoxy groups -OCH3 is 1. The first-order valence-electron chi connectivity index (χ1n) is 6.68. The lowest BCUT2D eigenvalue weighted by Gasteiger charge is -2.13. The predicted molar refractivity (Wildman–Crippen MR) is 86.3 cm³/mol. The van der Waals surface area contributed by atoms with Crippen molar-refractivity contribution in [3.8, 4) is 16.9 Å². The topological polar surface area (TPSA) is 35.5 Å². The monoisotopic (exact) mass is 348 g/mol. The molecule has 0 radical (unpaired) electrons. The van der Waals surface area contributed by atoms with Crippen molar-refractivity contribution in [3.05, 3.63) is 53.0 Å². The van der Waals surface area contributed by atoms with E-state index in [4.69, 9.17) is 4.74 Å². The third-order valence-corrected chi connectivity index (χ3v) is 3.58. The predicted octanol–water partition coefficient (Wildman–Crippen LogP) is 4.45. The normalized spacial score (nSPS) is 11.8. The molecule has 0 aliphatic rings. The Kier molecular flexibility index (Phi) is 5.39. The highest BCUT2D eigenvalue weighted by Crippen LogP contribution is 2.24. The van der Waals surface area contributed by atoms with Crippen LogP contribution in [0, 0.1) is 0 Å². The van der Waals surface area contributed by atoms with Gasteiger partial charge in [-0.05, 0) is 42.3 Å². The standard InChI is InChI=1S/C17H17BrO3/c1-12(11-17(19)20-2)21-16-9-5-14(6-10-16)13-3-7-15(18)8-4-13/h3-10,12H,11H2,1-2H3. The van der Waals surface area contributed by atoms with Gasteiger partial charge in [-0.2, -0.15) is 0 Å². The van der Waals surface area contributed by atoms with Crippen molar-refractivity contribution in [1.82, 2.24) is 0 Å². The number of hydrogen-bond donors (Lipinski definition) is 0. The summed E-state index contributed by atoms with van der Waals surface area (Å²) in [6, 6.07) is 16.0. The molecular formula is C17H17BrO3. The Hall–Kier alpha value is -1.81. The van der Waals surface area contributed by atoms with E-state index in [-0.39, 0.29) is 18.5 Å². The molecule has 2 aromatic carbocycles. The molecule has 0 aliphatic carbocycles. The summed E-state index contributed by atoms with van der Waals surface area (Å²) in [5, 5.41) is 0. The van der Waals surface area contributed by atoms with E-state index in [0.717, 1.165) is 21.3 Å². The van der Waals surface area contributed by atoms with Crippen LogP contribution in [0.2, 0.25) is 0 Å². The van der Waals surface area contributed by atoms with Gasteiger partial charge in [0.2, 0.25) is 0 Å². The third-order valence-electron chi connectivity index (χ3n) is 3.05. The zero-order valence-corrected chi connectivity index (χ0v) is 13.6. The van der Waals surface area contributed by atoms with E-state index in [9.17, 15) is 4.79 Å². The van der Waals surface area contributed by atoms with E-state index in [1.807, 2.05) is 43.3 Å². The Morgan fingerprint density at radius 2 is 1.57 bits per heavy atom. The zero-order chi connectivity index (χ0) is 15.2. The van der Waals surface area contributed by atoms with Gasteiger partial charge in [0, 0.05) is 4.47 Å². The smallest absolute Gasteiger partial charge is 0.309 e.